The Morgan fingerprint density at radius 2 is 1.78 bits per heavy atom. The highest BCUT2D eigenvalue weighted by atomic mass is 16.6. The van der Waals surface area contributed by atoms with Gasteiger partial charge in [0.15, 0.2) is 5.78 Å². The SMILES string of the molecule is CN(C)c1ccc(/C=C/C(=O)c2cc([N+](=O)[O-])ccc2[O-])cc1. The molecule has 0 saturated heterocycles. The number of nitrogens with zero attached hydrogens (tertiary/aromatic N) is 2. The highest BCUT2D eigenvalue weighted by molar-refractivity contribution is 6.08. The van der Waals surface area contributed by atoms with E-state index in [4.69, 9.17) is 0 Å². The van der Waals surface area contributed by atoms with Crippen LogP contribution >= 0.6 is 0 Å². The topological polar surface area (TPSA) is 86.5 Å². The summed E-state index contributed by atoms with van der Waals surface area (Å²) in [4.78, 5) is 24.1. The van der Waals surface area contributed by atoms with E-state index in [1.54, 1.807) is 6.08 Å². The molecule has 0 bridgehead atoms. The molecule has 0 aliphatic carbocycles. The normalized spacial score (nSPS) is 10.7. The molecule has 0 N–H and O–H groups in total. The Bertz CT molecular complexity index is 765. The molecule has 2 aromatic carbocycles. The lowest BCUT2D eigenvalue weighted by Crippen LogP contribution is -2.07. The molecule has 0 unspecified atom stereocenters. The molecule has 118 valence electrons. The Morgan fingerprint density at radius 1 is 1.13 bits per heavy atom. The first kappa shape index (κ1) is 16.2. The summed E-state index contributed by atoms with van der Waals surface area (Å²) in [6, 6.07) is 10.6. The van der Waals surface area contributed by atoms with Gasteiger partial charge in [0.25, 0.3) is 5.69 Å². The molecule has 0 saturated carbocycles. The number of anilines is 1. The van der Waals surface area contributed by atoms with E-state index < -0.39 is 16.5 Å². The molecule has 0 aliphatic rings. The van der Waals surface area contributed by atoms with Crippen molar-refractivity contribution in [1.29, 1.82) is 0 Å². The zero-order valence-corrected chi connectivity index (χ0v) is 12.7. The molecule has 0 amide bonds. The van der Waals surface area contributed by atoms with E-state index in [0.717, 1.165) is 29.4 Å². The lowest BCUT2D eigenvalue weighted by atomic mass is 10.1. The Hall–Kier alpha value is -3.15. The third kappa shape index (κ3) is 3.94. The molecule has 0 spiro atoms. The third-order valence-electron chi connectivity index (χ3n) is 3.28. The van der Waals surface area contributed by atoms with Gasteiger partial charge in [0.1, 0.15) is 0 Å². The first-order chi connectivity index (χ1) is 10.9. The number of nitro groups is 1. The van der Waals surface area contributed by atoms with Crippen LogP contribution in [0.5, 0.6) is 5.75 Å². The first-order valence-corrected chi connectivity index (χ1v) is 6.84. The summed E-state index contributed by atoms with van der Waals surface area (Å²) in [7, 11) is 3.85. The molecule has 23 heavy (non-hydrogen) atoms. The summed E-state index contributed by atoms with van der Waals surface area (Å²) in [5, 5.41) is 22.4. The zero-order valence-electron chi connectivity index (χ0n) is 12.7. The summed E-state index contributed by atoms with van der Waals surface area (Å²) in [5.74, 6) is -1.09. The minimum Gasteiger partial charge on any atom is -0.872 e. The number of allylic oxidation sites excluding steroid dienone is 1. The number of rotatable bonds is 5. The summed E-state index contributed by atoms with van der Waals surface area (Å²) in [6.07, 6.45) is 2.81. The van der Waals surface area contributed by atoms with Gasteiger partial charge in [0, 0.05) is 37.5 Å². The van der Waals surface area contributed by atoms with Crippen LogP contribution in [0.25, 0.3) is 6.08 Å². The average Bonchev–Trinajstić information content (AvgIpc) is 2.53. The van der Waals surface area contributed by atoms with Crippen molar-refractivity contribution in [3.63, 3.8) is 0 Å². The fourth-order valence-corrected chi connectivity index (χ4v) is 1.97. The van der Waals surface area contributed by atoms with Crippen molar-refractivity contribution in [3.8, 4) is 5.75 Å². The molecule has 0 fully saturated rings. The number of carbonyl (C=O) groups excluding carboxylic acids is 1. The average molecular weight is 311 g/mol. The zero-order chi connectivity index (χ0) is 17.0. The Balaban J connectivity index is 2.21. The van der Waals surface area contributed by atoms with E-state index in [2.05, 4.69) is 0 Å². The van der Waals surface area contributed by atoms with Crippen molar-refractivity contribution in [2.45, 2.75) is 0 Å². The fraction of sp³-hybridized carbons (Fsp3) is 0.118. The smallest absolute Gasteiger partial charge is 0.270 e. The standard InChI is InChI=1S/C17H16N2O4/c1-18(2)13-6-3-12(4-7-13)5-9-16(20)15-11-14(19(22)23)8-10-17(15)21/h3-11,21H,1-2H3/p-1/b9-5+. The van der Waals surface area contributed by atoms with E-state index in [1.807, 2.05) is 43.3 Å². The Kier molecular flexibility index (Phi) is 4.75. The summed E-state index contributed by atoms with van der Waals surface area (Å²) in [6.45, 7) is 0. The van der Waals surface area contributed by atoms with E-state index in [1.165, 1.54) is 6.08 Å². The quantitative estimate of drug-likeness (QED) is 0.367. The highest BCUT2D eigenvalue weighted by Crippen LogP contribution is 2.22. The van der Waals surface area contributed by atoms with Gasteiger partial charge in [-0.25, -0.2) is 0 Å². The van der Waals surface area contributed by atoms with Gasteiger partial charge in [-0.2, -0.15) is 0 Å². The number of hydrogen-bond acceptors (Lipinski definition) is 5. The van der Waals surface area contributed by atoms with Crippen molar-refractivity contribution in [2.75, 3.05) is 19.0 Å². The van der Waals surface area contributed by atoms with Gasteiger partial charge in [-0.05, 0) is 23.8 Å². The monoisotopic (exact) mass is 311 g/mol. The van der Waals surface area contributed by atoms with Crippen molar-refractivity contribution < 1.29 is 14.8 Å². The van der Waals surface area contributed by atoms with Gasteiger partial charge in [-0.3, -0.25) is 14.9 Å². The number of non-ortho nitro benzene ring substituents is 1. The predicted octanol–water partition coefficient (Wildman–Crippen LogP) is 2.63. The summed E-state index contributed by atoms with van der Waals surface area (Å²) in [5.41, 5.74) is 1.33. The molecule has 0 atom stereocenters. The number of carbonyl (C=O) groups is 1. The Morgan fingerprint density at radius 3 is 2.35 bits per heavy atom. The van der Waals surface area contributed by atoms with Gasteiger partial charge in [-0.15, -0.1) is 0 Å². The van der Waals surface area contributed by atoms with E-state index in [-0.39, 0.29) is 11.3 Å². The molecule has 2 rings (SSSR count). The minimum absolute atomic E-state index is 0.208. The number of hydrogen-bond donors (Lipinski definition) is 0. The second-order valence-corrected chi connectivity index (χ2v) is 5.12. The molecular weight excluding hydrogens is 296 g/mol. The fourth-order valence-electron chi connectivity index (χ4n) is 1.97. The maximum Gasteiger partial charge on any atom is 0.270 e. The van der Waals surface area contributed by atoms with Crippen LogP contribution in [0.15, 0.2) is 48.5 Å². The number of nitro benzene ring substituents is 1. The van der Waals surface area contributed by atoms with Crippen LogP contribution in [0.1, 0.15) is 15.9 Å². The van der Waals surface area contributed by atoms with Crippen LogP contribution in [0.4, 0.5) is 11.4 Å². The van der Waals surface area contributed by atoms with Crippen LogP contribution in [0, 0.1) is 10.1 Å². The van der Waals surface area contributed by atoms with Gasteiger partial charge in [0.2, 0.25) is 0 Å². The predicted molar refractivity (Wildman–Crippen MR) is 86.7 cm³/mol. The lowest BCUT2D eigenvalue weighted by molar-refractivity contribution is -0.385. The molecule has 6 nitrogen and oxygen atoms in total. The second kappa shape index (κ2) is 6.74. The van der Waals surface area contributed by atoms with Crippen molar-refractivity contribution in [2.24, 2.45) is 0 Å². The van der Waals surface area contributed by atoms with Crippen LogP contribution < -0.4 is 10.0 Å². The molecule has 0 aromatic heterocycles. The van der Waals surface area contributed by atoms with Crippen LogP contribution in [0.3, 0.4) is 0 Å². The van der Waals surface area contributed by atoms with Gasteiger partial charge < -0.3 is 10.0 Å². The summed E-state index contributed by atoms with van der Waals surface area (Å²) >= 11 is 0. The Labute approximate surface area is 133 Å². The van der Waals surface area contributed by atoms with Gasteiger partial charge in [-0.1, -0.05) is 30.0 Å². The molecular formula is C17H15N2O4-. The van der Waals surface area contributed by atoms with Crippen LogP contribution in [-0.2, 0) is 0 Å². The number of ketones is 1. The third-order valence-corrected chi connectivity index (χ3v) is 3.28. The maximum atomic E-state index is 12.1. The second-order valence-electron chi connectivity index (χ2n) is 5.12. The van der Waals surface area contributed by atoms with Crippen molar-refractivity contribution in [3.05, 3.63) is 69.8 Å². The van der Waals surface area contributed by atoms with Gasteiger partial charge in [0.05, 0.1) is 4.92 Å². The van der Waals surface area contributed by atoms with Crippen LogP contribution in [0.2, 0.25) is 0 Å². The maximum absolute atomic E-state index is 12.1. The first-order valence-electron chi connectivity index (χ1n) is 6.84. The van der Waals surface area contributed by atoms with Crippen LogP contribution in [-0.4, -0.2) is 24.8 Å². The lowest BCUT2D eigenvalue weighted by Gasteiger charge is -2.12. The van der Waals surface area contributed by atoms with E-state index in [0.29, 0.717) is 0 Å². The van der Waals surface area contributed by atoms with Crippen molar-refractivity contribution >= 4 is 23.2 Å². The molecule has 0 radical (unpaired) electrons. The van der Waals surface area contributed by atoms with Crippen molar-refractivity contribution in [1.82, 2.24) is 0 Å². The van der Waals surface area contributed by atoms with E-state index >= 15 is 0 Å². The largest absolute Gasteiger partial charge is 0.872 e. The molecule has 2 aromatic rings. The molecule has 0 heterocycles. The van der Waals surface area contributed by atoms with E-state index in [9.17, 15) is 20.0 Å². The minimum atomic E-state index is -0.639. The molecule has 6 heteroatoms. The van der Waals surface area contributed by atoms with Gasteiger partial charge >= 0.3 is 0 Å². The number of benzene rings is 2. The highest BCUT2D eigenvalue weighted by Gasteiger charge is 2.10. The molecule has 0 aliphatic heterocycles. The summed E-state index contributed by atoms with van der Waals surface area (Å²) < 4.78 is 0.